The average Bonchev–Trinajstić information content (AvgIpc) is 2.79. The lowest BCUT2D eigenvalue weighted by Crippen LogP contribution is -2.08. The molecular formula is C27H27N3O2. The summed E-state index contributed by atoms with van der Waals surface area (Å²) in [7, 11) is 0. The van der Waals surface area contributed by atoms with E-state index in [4.69, 9.17) is 26.7 Å². The Morgan fingerprint density at radius 1 is 0.562 bits per heavy atom. The normalized spacial score (nSPS) is 10.8. The first-order valence-electron chi connectivity index (χ1n) is 10.6. The van der Waals surface area contributed by atoms with Gasteiger partial charge in [-0.3, -0.25) is 0 Å². The minimum atomic E-state index is 0.183. The third-order valence-electron chi connectivity index (χ3n) is 5.21. The quantitative estimate of drug-likeness (QED) is 0.305. The molecule has 0 heterocycles. The Morgan fingerprint density at radius 2 is 1.00 bits per heavy atom. The van der Waals surface area contributed by atoms with Crippen LogP contribution in [0, 0.1) is 0 Å². The molecule has 0 radical (unpaired) electrons. The summed E-state index contributed by atoms with van der Waals surface area (Å²) in [5, 5.41) is 0. The third kappa shape index (κ3) is 5.39. The van der Waals surface area contributed by atoms with Crippen LogP contribution < -0.4 is 26.7 Å². The van der Waals surface area contributed by atoms with Crippen LogP contribution in [0.3, 0.4) is 0 Å². The summed E-state index contributed by atoms with van der Waals surface area (Å²) >= 11 is 0. The highest BCUT2D eigenvalue weighted by Gasteiger charge is 2.14. The van der Waals surface area contributed by atoms with Gasteiger partial charge in [0.1, 0.15) is 23.0 Å². The highest BCUT2D eigenvalue weighted by atomic mass is 16.5. The van der Waals surface area contributed by atoms with Gasteiger partial charge in [-0.05, 0) is 72.6 Å². The van der Waals surface area contributed by atoms with E-state index in [-0.39, 0.29) is 5.92 Å². The molecule has 0 saturated heterocycles. The van der Waals surface area contributed by atoms with E-state index in [0.29, 0.717) is 29.4 Å². The Bertz CT molecular complexity index is 1070. The van der Waals surface area contributed by atoms with Crippen molar-refractivity contribution in [3.63, 3.8) is 0 Å². The van der Waals surface area contributed by atoms with Crippen molar-refractivity contribution < 1.29 is 9.47 Å². The van der Waals surface area contributed by atoms with Gasteiger partial charge in [-0.15, -0.1) is 0 Å². The maximum Gasteiger partial charge on any atom is 0.129 e. The van der Waals surface area contributed by atoms with Gasteiger partial charge in [-0.1, -0.05) is 36.4 Å². The van der Waals surface area contributed by atoms with Crippen molar-refractivity contribution in [1.82, 2.24) is 0 Å². The van der Waals surface area contributed by atoms with E-state index in [0.717, 1.165) is 17.9 Å². The molecule has 0 aliphatic heterocycles. The fourth-order valence-corrected chi connectivity index (χ4v) is 3.66. The number of benzene rings is 4. The van der Waals surface area contributed by atoms with Crippen LogP contribution in [-0.2, 0) is 0 Å². The van der Waals surface area contributed by atoms with Crippen LogP contribution in [0.2, 0.25) is 0 Å². The van der Waals surface area contributed by atoms with Crippen molar-refractivity contribution in [2.75, 3.05) is 18.0 Å². The van der Waals surface area contributed by atoms with Crippen molar-refractivity contribution in [1.29, 1.82) is 0 Å². The summed E-state index contributed by atoms with van der Waals surface area (Å²) in [4.78, 5) is 0. The molecule has 0 aliphatic carbocycles. The van der Waals surface area contributed by atoms with Gasteiger partial charge in [0.05, 0.1) is 0 Å². The lowest BCUT2D eigenvalue weighted by Gasteiger charge is -2.18. The maximum atomic E-state index is 5.92. The molecule has 4 aromatic carbocycles. The number of rotatable bonds is 8. The van der Waals surface area contributed by atoms with E-state index in [1.54, 1.807) is 12.1 Å². The second-order valence-electron chi connectivity index (χ2n) is 7.62. The van der Waals surface area contributed by atoms with Crippen LogP contribution in [-0.4, -0.2) is 6.54 Å². The summed E-state index contributed by atoms with van der Waals surface area (Å²) in [6, 6.07) is 31.0. The van der Waals surface area contributed by atoms with Crippen LogP contribution >= 0.6 is 0 Å². The van der Waals surface area contributed by atoms with Gasteiger partial charge < -0.3 is 26.7 Å². The monoisotopic (exact) mass is 425 g/mol. The molecule has 0 unspecified atom stereocenters. The van der Waals surface area contributed by atoms with E-state index >= 15 is 0 Å². The van der Waals surface area contributed by atoms with Crippen molar-refractivity contribution in [3.05, 3.63) is 108 Å². The predicted octanol–water partition coefficient (Wildman–Crippen LogP) is 5.92. The molecule has 0 fully saturated rings. The van der Waals surface area contributed by atoms with Gasteiger partial charge in [-0.2, -0.15) is 0 Å². The standard InChI is InChI=1S/C27H27N3O2/c28-16-15-27(19-7-11-23(12-8-19)31-25-5-1-3-21(29)17-25)20-9-13-24(14-10-20)32-26-6-2-4-22(30)18-26/h1-14,17-18,27H,15-16,28-30H2. The van der Waals surface area contributed by atoms with Gasteiger partial charge >= 0.3 is 0 Å². The van der Waals surface area contributed by atoms with Gasteiger partial charge in [0.2, 0.25) is 0 Å². The molecule has 0 aliphatic rings. The molecule has 0 amide bonds. The average molecular weight is 426 g/mol. The zero-order valence-corrected chi connectivity index (χ0v) is 17.8. The predicted molar refractivity (Wildman–Crippen MR) is 130 cm³/mol. The Morgan fingerprint density at radius 3 is 1.38 bits per heavy atom. The third-order valence-corrected chi connectivity index (χ3v) is 5.21. The largest absolute Gasteiger partial charge is 0.457 e. The van der Waals surface area contributed by atoms with Crippen LogP contribution in [0.5, 0.6) is 23.0 Å². The first-order chi connectivity index (χ1) is 15.6. The Kier molecular flexibility index (Phi) is 6.58. The Balaban J connectivity index is 1.49. The molecule has 6 N–H and O–H groups in total. The molecule has 32 heavy (non-hydrogen) atoms. The second kappa shape index (κ2) is 9.90. The minimum absolute atomic E-state index is 0.183. The van der Waals surface area contributed by atoms with E-state index in [2.05, 4.69) is 24.3 Å². The zero-order chi connectivity index (χ0) is 22.3. The molecule has 5 nitrogen and oxygen atoms in total. The molecule has 4 aromatic rings. The summed E-state index contributed by atoms with van der Waals surface area (Å²) < 4.78 is 11.8. The number of hydrogen-bond acceptors (Lipinski definition) is 5. The number of nitrogen functional groups attached to an aromatic ring is 2. The number of hydrogen-bond donors (Lipinski definition) is 3. The van der Waals surface area contributed by atoms with Crippen molar-refractivity contribution in [2.45, 2.75) is 12.3 Å². The fourth-order valence-electron chi connectivity index (χ4n) is 3.66. The van der Waals surface area contributed by atoms with Gasteiger partial charge in [0, 0.05) is 29.4 Å². The SMILES string of the molecule is NCCC(c1ccc(Oc2cccc(N)c2)cc1)c1ccc(Oc2cccc(N)c2)cc1. The Hall–Kier alpha value is -3.96. The topological polar surface area (TPSA) is 96.5 Å². The smallest absolute Gasteiger partial charge is 0.129 e. The van der Waals surface area contributed by atoms with Gasteiger partial charge in [0.15, 0.2) is 0 Å². The molecule has 5 heteroatoms. The summed E-state index contributed by atoms with van der Waals surface area (Å²) in [5.74, 6) is 3.13. The number of ether oxygens (including phenoxy) is 2. The zero-order valence-electron chi connectivity index (χ0n) is 17.8. The van der Waals surface area contributed by atoms with E-state index in [9.17, 15) is 0 Å². The number of nitrogens with two attached hydrogens (primary N) is 3. The van der Waals surface area contributed by atoms with Crippen LogP contribution in [0.15, 0.2) is 97.1 Å². The molecule has 0 atom stereocenters. The highest BCUT2D eigenvalue weighted by Crippen LogP contribution is 2.32. The number of anilines is 2. The van der Waals surface area contributed by atoms with Crippen molar-refractivity contribution in [2.24, 2.45) is 5.73 Å². The molecule has 0 bridgehead atoms. The van der Waals surface area contributed by atoms with Crippen LogP contribution in [0.1, 0.15) is 23.5 Å². The molecule has 0 spiro atoms. The lowest BCUT2D eigenvalue weighted by atomic mass is 9.88. The van der Waals surface area contributed by atoms with Crippen molar-refractivity contribution >= 4 is 11.4 Å². The van der Waals surface area contributed by atoms with Crippen molar-refractivity contribution in [3.8, 4) is 23.0 Å². The lowest BCUT2D eigenvalue weighted by molar-refractivity contribution is 0.482. The first kappa shape index (κ1) is 21.3. The van der Waals surface area contributed by atoms with Crippen LogP contribution in [0.4, 0.5) is 11.4 Å². The van der Waals surface area contributed by atoms with Gasteiger partial charge in [-0.25, -0.2) is 0 Å². The van der Waals surface area contributed by atoms with Gasteiger partial charge in [0.25, 0.3) is 0 Å². The summed E-state index contributed by atoms with van der Waals surface area (Å²) in [6.45, 7) is 0.591. The first-order valence-corrected chi connectivity index (χ1v) is 10.6. The molecule has 0 saturated carbocycles. The van der Waals surface area contributed by atoms with E-state index in [1.807, 2.05) is 60.7 Å². The minimum Gasteiger partial charge on any atom is -0.457 e. The van der Waals surface area contributed by atoms with E-state index in [1.165, 1.54) is 11.1 Å². The summed E-state index contributed by atoms with van der Waals surface area (Å²) in [5.41, 5.74) is 21.3. The molecular weight excluding hydrogens is 398 g/mol. The van der Waals surface area contributed by atoms with Crippen LogP contribution in [0.25, 0.3) is 0 Å². The second-order valence-corrected chi connectivity index (χ2v) is 7.62. The highest BCUT2D eigenvalue weighted by molar-refractivity contribution is 5.47. The molecule has 4 rings (SSSR count). The molecule has 0 aromatic heterocycles. The molecule has 162 valence electrons. The summed E-state index contributed by atoms with van der Waals surface area (Å²) in [6.07, 6.45) is 0.838. The Labute approximate surface area is 188 Å². The maximum absolute atomic E-state index is 5.92. The fraction of sp³-hybridized carbons (Fsp3) is 0.111. The van der Waals surface area contributed by atoms with E-state index < -0.39 is 0 Å².